The molecular formula is C16H30N2Si. The molecule has 0 unspecified atom stereocenters. The summed E-state index contributed by atoms with van der Waals surface area (Å²) in [6.45, 7) is 13.7. The molecule has 0 radical (unpaired) electrons. The average molecular weight is 279 g/mol. The van der Waals surface area contributed by atoms with Gasteiger partial charge >= 0.3 is 0 Å². The van der Waals surface area contributed by atoms with Gasteiger partial charge in [-0.05, 0) is 33.1 Å². The first-order valence-electron chi connectivity index (χ1n) is 7.66. The van der Waals surface area contributed by atoms with E-state index in [1.807, 2.05) is 0 Å². The van der Waals surface area contributed by atoms with Gasteiger partial charge in [-0.25, -0.2) is 0 Å². The van der Waals surface area contributed by atoms with Crippen molar-refractivity contribution in [2.75, 3.05) is 0 Å². The van der Waals surface area contributed by atoms with Crippen LogP contribution in [0.1, 0.15) is 49.0 Å². The SMILES string of the molecule is CCCCCc1nc(C)c(CC[Si](C)(C)C)nc1C. The van der Waals surface area contributed by atoms with Crippen molar-refractivity contribution >= 4 is 8.07 Å². The number of unbranched alkanes of at least 4 members (excludes halogenated alkanes) is 2. The predicted molar refractivity (Wildman–Crippen MR) is 86.6 cm³/mol. The van der Waals surface area contributed by atoms with Crippen molar-refractivity contribution in [3.05, 3.63) is 22.8 Å². The fourth-order valence-corrected chi connectivity index (χ4v) is 3.19. The molecule has 0 saturated carbocycles. The largest absolute Gasteiger partial charge is 0.254 e. The normalized spacial score (nSPS) is 11.9. The van der Waals surface area contributed by atoms with Crippen LogP contribution in [-0.2, 0) is 12.8 Å². The van der Waals surface area contributed by atoms with Gasteiger partial charge in [0, 0.05) is 8.07 Å². The fraction of sp³-hybridized carbons (Fsp3) is 0.750. The van der Waals surface area contributed by atoms with Gasteiger partial charge in [-0.1, -0.05) is 45.5 Å². The molecular weight excluding hydrogens is 248 g/mol. The average Bonchev–Trinajstić information content (AvgIpc) is 2.30. The molecule has 0 saturated heterocycles. The van der Waals surface area contributed by atoms with E-state index in [2.05, 4.69) is 40.4 Å². The van der Waals surface area contributed by atoms with Crippen molar-refractivity contribution in [3.63, 3.8) is 0 Å². The van der Waals surface area contributed by atoms with Crippen LogP contribution in [-0.4, -0.2) is 18.0 Å². The lowest BCUT2D eigenvalue weighted by Crippen LogP contribution is -2.21. The van der Waals surface area contributed by atoms with E-state index in [0.29, 0.717) is 0 Å². The molecule has 1 aromatic heterocycles. The molecule has 0 bridgehead atoms. The summed E-state index contributed by atoms with van der Waals surface area (Å²) in [6, 6.07) is 1.30. The second kappa shape index (κ2) is 7.18. The topological polar surface area (TPSA) is 25.8 Å². The van der Waals surface area contributed by atoms with E-state index < -0.39 is 8.07 Å². The molecule has 2 nitrogen and oxygen atoms in total. The molecule has 0 spiro atoms. The summed E-state index contributed by atoms with van der Waals surface area (Å²) in [5.41, 5.74) is 4.73. The highest BCUT2D eigenvalue weighted by Gasteiger charge is 2.15. The minimum absolute atomic E-state index is 0.988. The van der Waals surface area contributed by atoms with Crippen molar-refractivity contribution in [2.45, 2.75) is 78.6 Å². The molecule has 19 heavy (non-hydrogen) atoms. The van der Waals surface area contributed by atoms with Crippen molar-refractivity contribution in [3.8, 4) is 0 Å². The van der Waals surface area contributed by atoms with Crippen LogP contribution in [0.4, 0.5) is 0 Å². The van der Waals surface area contributed by atoms with Gasteiger partial charge in [0.2, 0.25) is 0 Å². The minimum Gasteiger partial charge on any atom is -0.254 e. The zero-order valence-electron chi connectivity index (χ0n) is 13.6. The zero-order chi connectivity index (χ0) is 14.5. The number of hydrogen-bond acceptors (Lipinski definition) is 2. The molecule has 0 N–H and O–H groups in total. The van der Waals surface area contributed by atoms with E-state index in [9.17, 15) is 0 Å². The first kappa shape index (κ1) is 16.4. The molecule has 0 fully saturated rings. The third kappa shape index (κ3) is 5.85. The summed E-state index contributed by atoms with van der Waals surface area (Å²) >= 11 is 0. The van der Waals surface area contributed by atoms with Gasteiger partial charge in [0.05, 0.1) is 22.8 Å². The molecule has 0 amide bonds. The van der Waals surface area contributed by atoms with E-state index in [1.54, 1.807) is 0 Å². The predicted octanol–water partition coefficient (Wildman–Crippen LogP) is 4.71. The van der Waals surface area contributed by atoms with Crippen LogP contribution >= 0.6 is 0 Å². The smallest absolute Gasteiger partial charge is 0.0619 e. The standard InChI is InChI=1S/C16H30N2Si/c1-7-8-9-10-15-13(2)18-16(14(3)17-15)11-12-19(4,5)6/h7-12H2,1-6H3. The molecule has 1 heterocycles. The van der Waals surface area contributed by atoms with Gasteiger partial charge in [0.1, 0.15) is 0 Å². The highest BCUT2D eigenvalue weighted by molar-refractivity contribution is 6.76. The van der Waals surface area contributed by atoms with E-state index in [0.717, 1.165) is 24.2 Å². The van der Waals surface area contributed by atoms with Crippen molar-refractivity contribution < 1.29 is 0 Å². The third-order valence-corrected chi connectivity index (χ3v) is 5.32. The molecule has 3 heteroatoms. The minimum atomic E-state index is -0.988. The summed E-state index contributed by atoms with van der Waals surface area (Å²) in [5.74, 6) is 0. The summed E-state index contributed by atoms with van der Waals surface area (Å²) in [4.78, 5) is 9.61. The lowest BCUT2D eigenvalue weighted by molar-refractivity contribution is 0.696. The van der Waals surface area contributed by atoms with E-state index in [-0.39, 0.29) is 0 Å². The third-order valence-electron chi connectivity index (χ3n) is 3.57. The Morgan fingerprint density at radius 3 is 1.84 bits per heavy atom. The first-order valence-corrected chi connectivity index (χ1v) is 11.4. The van der Waals surface area contributed by atoms with Crippen molar-refractivity contribution in [1.82, 2.24) is 9.97 Å². The van der Waals surface area contributed by atoms with Gasteiger partial charge in [-0.15, -0.1) is 0 Å². The molecule has 0 aliphatic heterocycles. The number of aryl methyl sites for hydroxylation is 4. The maximum absolute atomic E-state index is 4.81. The summed E-state index contributed by atoms with van der Waals surface area (Å²) in [5, 5.41) is 0. The number of nitrogens with zero attached hydrogens (tertiary/aromatic N) is 2. The van der Waals surface area contributed by atoms with Gasteiger partial charge in [-0.2, -0.15) is 0 Å². The molecule has 108 valence electrons. The maximum Gasteiger partial charge on any atom is 0.0619 e. The Morgan fingerprint density at radius 1 is 0.842 bits per heavy atom. The maximum atomic E-state index is 4.81. The fourth-order valence-electron chi connectivity index (χ4n) is 2.21. The molecule has 1 aromatic rings. The Kier molecular flexibility index (Phi) is 6.18. The number of hydrogen-bond donors (Lipinski definition) is 0. The highest BCUT2D eigenvalue weighted by Crippen LogP contribution is 2.16. The van der Waals surface area contributed by atoms with Crippen LogP contribution in [0.15, 0.2) is 0 Å². The van der Waals surface area contributed by atoms with E-state index in [1.165, 1.54) is 36.7 Å². The van der Waals surface area contributed by atoms with Gasteiger partial charge in [0.25, 0.3) is 0 Å². The van der Waals surface area contributed by atoms with Crippen LogP contribution in [0.25, 0.3) is 0 Å². The second-order valence-corrected chi connectivity index (χ2v) is 12.4. The first-order chi connectivity index (χ1) is 8.83. The summed E-state index contributed by atoms with van der Waals surface area (Å²) < 4.78 is 0. The van der Waals surface area contributed by atoms with Crippen molar-refractivity contribution in [1.29, 1.82) is 0 Å². The zero-order valence-corrected chi connectivity index (χ0v) is 14.6. The Bertz CT molecular complexity index is 408. The Morgan fingerprint density at radius 2 is 1.37 bits per heavy atom. The Labute approximate surface area is 120 Å². The van der Waals surface area contributed by atoms with Crippen molar-refractivity contribution in [2.24, 2.45) is 0 Å². The van der Waals surface area contributed by atoms with Gasteiger partial charge < -0.3 is 0 Å². The molecule has 0 aromatic carbocycles. The molecule has 1 rings (SSSR count). The summed E-state index contributed by atoms with van der Waals surface area (Å²) in [7, 11) is -0.988. The number of aromatic nitrogens is 2. The lowest BCUT2D eigenvalue weighted by Gasteiger charge is -2.16. The van der Waals surface area contributed by atoms with Gasteiger partial charge in [-0.3, -0.25) is 9.97 Å². The molecule has 0 atom stereocenters. The van der Waals surface area contributed by atoms with Crippen LogP contribution in [0.2, 0.25) is 25.7 Å². The summed E-state index contributed by atoms with van der Waals surface area (Å²) in [6.07, 6.45) is 5.98. The van der Waals surface area contributed by atoms with Crippen LogP contribution in [0.3, 0.4) is 0 Å². The quantitative estimate of drug-likeness (QED) is 0.533. The monoisotopic (exact) mass is 278 g/mol. The van der Waals surface area contributed by atoms with Crippen LogP contribution in [0.5, 0.6) is 0 Å². The molecule has 0 aliphatic rings. The van der Waals surface area contributed by atoms with Crippen LogP contribution in [0, 0.1) is 13.8 Å². The number of rotatable bonds is 7. The van der Waals surface area contributed by atoms with E-state index >= 15 is 0 Å². The van der Waals surface area contributed by atoms with Crippen LogP contribution < -0.4 is 0 Å². The Hall–Kier alpha value is -0.703. The highest BCUT2D eigenvalue weighted by atomic mass is 28.3. The van der Waals surface area contributed by atoms with E-state index in [4.69, 9.17) is 9.97 Å². The Balaban J connectivity index is 2.73. The van der Waals surface area contributed by atoms with Gasteiger partial charge in [0.15, 0.2) is 0 Å². The second-order valence-electron chi connectivity index (χ2n) is 6.81. The lowest BCUT2D eigenvalue weighted by atomic mass is 10.1. The molecule has 0 aliphatic carbocycles.